The fraction of sp³-hybridized carbons (Fsp3) is 0.0769. The van der Waals surface area contributed by atoms with Crippen LogP contribution in [0.25, 0.3) is 82.5 Å². The van der Waals surface area contributed by atoms with Gasteiger partial charge in [0.2, 0.25) is 0 Å². The van der Waals surface area contributed by atoms with Crippen molar-refractivity contribution in [1.29, 1.82) is 0 Å². The van der Waals surface area contributed by atoms with Crippen LogP contribution in [0.15, 0.2) is 185 Å². The Labute approximate surface area is 324 Å². The summed E-state index contributed by atoms with van der Waals surface area (Å²) in [7, 11) is 0. The van der Waals surface area contributed by atoms with Crippen molar-refractivity contribution < 1.29 is 8.83 Å². The van der Waals surface area contributed by atoms with E-state index >= 15 is 0 Å². The first-order valence-corrected chi connectivity index (χ1v) is 19.3. The van der Waals surface area contributed by atoms with Crippen molar-refractivity contribution in [2.45, 2.75) is 26.2 Å². The minimum absolute atomic E-state index is 0.0240. The fourth-order valence-electron chi connectivity index (χ4n) is 8.57. The smallest absolute Gasteiger partial charge is 0.159 e. The van der Waals surface area contributed by atoms with Crippen LogP contribution in [0.3, 0.4) is 0 Å². The lowest BCUT2D eigenvalue weighted by Gasteiger charge is -2.26. The van der Waals surface area contributed by atoms with E-state index in [0.29, 0.717) is 0 Å². The molecule has 0 atom stereocenters. The van der Waals surface area contributed by atoms with Gasteiger partial charge in [0.25, 0.3) is 0 Å². The molecule has 0 amide bonds. The van der Waals surface area contributed by atoms with Crippen LogP contribution in [0.4, 0.5) is 17.1 Å². The van der Waals surface area contributed by atoms with Crippen LogP contribution in [-0.4, -0.2) is 4.57 Å². The molecule has 11 rings (SSSR count). The van der Waals surface area contributed by atoms with Crippen LogP contribution >= 0.6 is 0 Å². The number of rotatable bonds is 5. The zero-order valence-corrected chi connectivity index (χ0v) is 31.5. The van der Waals surface area contributed by atoms with Crippen LogP contribution in [0, 0.1) is 0 Å². The Morgan fingerprint density at radius 3 is 1.61 bits per heavy atom. The molecule has 0 unspecified atom stereocenters. The molecule has 3 heterocycles. The van der Waals surface area contributed by atoms with E-state index in [9.17, 15) is 0 Å². The summed E-state index contributed by atoms with van der Waals surface area (Å²) in [6.45, 7) is 6.85. The molecule has 0 aliphatic carbocycles. The summed E-state index contributed by atoms with van der Waals surface area (Å²) in [5, 5.41) is 6.82. The van der Waals surface area contributed by atoms with Gasteiger partial charge in [-0.05, 0) is 94.9 Å². The van der Waals surface area contributed by atoms with E-state index in [1.165, 1.54) is 27.4 Å². The fourth-order valence-corrected chi connectivity index (χ4v) is 8.57. The Hall–Kier alpha value is -7.04. The zero-order chi connectivity index (χ0) is 37.5. The molecule has 0 saturated heterocycles. The minimum Gasteiger partial charge on any atom is -0.454 e. The number of hydrogen-bond donors (Lipinski definition) is 0. The summed E-state index contributed by atoms with van der Waals surface area (Å²) in [5.74, 6) is 0. The average Bonchev–Trinajstić information content (AvgIpc) is 3.91. The summed E-state index contributed by atoms with van der Waals surface area (Å²) in [6, 6.07) is 62.8. The highest BCUT2D eigenvalue weighted by Gasteiger charge is 2.24. The first-order valence-electron chi connectivity index (χ1n) is 19.3. The third kappa shape index (κ3) is 4.99. The molecule has 0 N–H and O–H groups in total. The highest BCUT2D eigenvalue weighted by Crippen LogP contribution is 2.47. The van der Waals surface area contributed by atoms with Crippen molar-refractivity contribution >= 4 is 82.7 Å². The number of anilines is 3. The van der Waals surface area contributed by atoms with Gasteiger partial charge in [-0.1, -0.05) is 124 Å². The summed E-state index contributed by atoms with van der Waals surface area (Å²) < 4.78 is 15.8. The van der Waals surface area contributed by atoms with E-state index in [1.807, 2.05) is 24.3 Å². The maximum absolute atomic E-state index is 6.68. The quantitative estimate of drug-likeness (QED) is 0.177. The van der Waals surface area contributed by atoms with E-state index in [2.05, 4.69) is 182 Å². The molecule has 0 aliphatic heterocycles. The topological polar surface area (TPSA) is 34.5 Å². The van der Waals surface area contributed by atoms with Gasteiger partial charge in [0.05, 0.1) is 22.4 Å². The van der Waals surface area contributed by atoms with Gasteiger partial charge in [-0.3, -0.25) is 0 Å². The number of para-hydroxylation sites is 5. The van der Waals surface area contributed by atoms with Crippen LogP contribution < -0.4 is 4.90 Å². The molecule has 0 saturated carbocycles. The number of furan rings is 2. The van der Waals surface area contributed by atoms with E-state index in [1.54, 1.807) is 0 Å². The van der Waals surface area contributed by atoms with Gasteiger partial charge in [0.1, 0.15) is 11.2 Å². The lowest BCUT2D eigenvalue weighted by atomic mass is 9.86. The average molecular weight is 723 g/mol. The van der Waals surface area contributed by atoms with Gasteiger partial charge < -0.3 is 18.3 Å². The molecule has 4 nitrogen and oxygen atoms in total. The summed E-state index contributed by atoms with van der Waals surface area (Å²) in [5.41, 5.74) is 13.4. The van der Waals surface area contributed by atoms with E-state index < -0.39 is 0 Å². The molecule has 0 bridgehead atoms. The molecule has 56 heavy (non-hydrogen) atoms. The second-order valence-corrected chi connectivity index (χ2v) is 15.8. The number of hydrogen-bond acceptors (Lipinski definition) is 3. The number of aromatic nitrogens is 1. The number of nitrogens with zero attached hydrogens (tertiary/aromatic N) is 2. The molecular formula is C52H38N2O2. The molecular weight excluding hydrogens is 685 g/mol. The molecule has 0 spiro atoms. The van der Waals surface area contributed by atoms with E-state index in [4.69, 9.17) is 8.83 Å². The maximum Gasteiger partial charge on any atom is 0.159 e. The second-order valence-electron chi connectivity index (χ2n) is 15.8. The highest BCUT2D eigenvalue weighted by molar-refractivity contribution is 6.14. The summed E-state index contributed by atoms with van der Waals surface area (Å²) in [4.78, 5) is 2.30. The first kappa shape index (κ1) is 32.4. The standard InChI is InChI=1S/C52H38N2O2/c1-52(2,3)35-27-29-45-43(32-35)42-31-34(26-28-44(42)53(45)36-15-5-4-6-16-36)33-14-11-17-37(30-33)54(46-22-12-20-40-38-18-7-9-24-48(38)55-50(40)46)47-23-13-21-41-39-19-8-10-25-49(39)56-51(41)47/h4-32H,1-3H3. The van der Waals surface area contributed by atoms with Gasteiger partial charge in [0.15, 0.2) is 11.2 Å². The van der Waals surface area contributed by atoms with Crippen molar-refractivity contribution in [3.8, 4) is 16.8 Å². The van der Waals surface area contributed by atoms with Crippen molar-refractivity contribution in [3.05, 3.63) is 181 Å². The normalized spacial score (nSPS) is 12.2. The molecule has 0 aliphatic rings. The van der Waals surface area contributed by atoms with Gasteiger partial charge >= 0.3 is 0 Å². The monoisotopic (exact) mass is 722 g/mol. The highest BCUT2D eigenvalue weighted by atomic mass is 16.3. The maximum atomic E-state index is 6.68. The zero-order valence-electron chi connectivity index (χ0n) is 31.5. The van der Waals surface area contributed by atoms with Crippen molar-refractivity contribution in [1.82, 2.24) is 4.57 Å². The molecule has 4 heteroatoms. The van der Waals surface area contributed by atoms with Crippen LogP contribution in [0.5, 0.6) is 0 Å². The lowest BCUT2D eigenvalue weighted by molar-refractivity contribution is 0.591. The van der Waals surface area contributed by atoms with E-state index in [0.717, 1.165) is 77.8 Å². The Morgan fingerprint density at radius 2 is 0.964 bits per heavy atom. The number of fused-ring (bicyclic) bond motifs is 9. The van der Waals surface area contributed by atoms with Gasteiger partial charge in [-0.15, -0.1) is 0 Å². The SMILES string of the molecule is CC(C)(C)c1ccc2c(c1)c1cc(-c3cccc(N(c4cccc5c4oc4ccccc45)c4cccc5c4oc4ccccc45)c3)ccc1n2-c1ccccc1. The van der Waals surface area contributed by atoms with Crippen molar-refractivity contribution in [2.24, 2.45) is 0 Å². The summed E-state index contributed by atoms with van der Waals surface area (Å²) >= 11 is 0. The van der Waals surface area contributed by atoms with E-state index in [-0.39, 0.29) is 5.41 Å². The largest absolute Gasteiger partial charge is 0.454 e. The molecule has 3 aromatic heterocycles. The molecule has 8 aromatic carbocycles. The van der Waals surface area contributed by atoms with Crippen molar-refractivity contribution in [2.75, 3.05) is 4.90 Å². The first-order chi connectivity index (χ1) is 27.4. The molecule has 0 fully saturated rings. The number of benzene rings is 8. The molecule has 11 aromatic rings. The van der Waals surface area contributed by atoms with Crippen LogP contribution in [0.1, 0.15) is 26.3 Å². The Bertz CT molecular complexity index is 3190. The van der Waals surface area contributed by atoms with Crippen LogP contribution in [0.2, 0.25) is 0 Å². The Balaban J connectivity index is 1.14. The predicted octanol–water partition coefficient (Wildman–Crippen LogP) is 15.0. The molecule has 268 valence electrons. The third-order valence-corrected chi connectivity index (χ3v) is 11.3. The minimum atomic E-state index is 0.0240. The second kappa shape index (κ2) is 12.2. The van der Waals surface area contributed by atoms with Crippen LogP contribution in [-0.2, 0) is 5.41 Å². The Kier molecular flexibility index (Phi) is 7.08. The predicted molar refractivity (Wildman–Crippen MR) is 234 cm³/mol. The lowest BCUT2D eigenvalue weighted by Crippen LogP contribution is -2.10. The third-order valence-electron chi connectivity index (χ3n) is 11.3. The molecule has 0 radical (unpaired) electrons. The Morgan fingerprint density at radius 1 is 0.429 bits per heavy atom. The van der Waals surface area contributed by atoms with Gasteiger partial charge in [0, 0.05) is 43.7 Å². The summed E-state index contributed by atoms with van der Waals surface area (Å²) in [6.07, 6.45) is 0. The van der Waals surface area contributed by atoms with Gasteiger partial charge in [-0.2, -0.15) is 0 Å². The van der Waals surface area contributed by atoms with Crippen molar-refractivity contribution in [3.63, 3.8) is 0 Å². The van der Waals surface area contributed by atoms with Gasteiger partial charge in [-0.25, -0.2) is 0 Å².